The minimum Gasteiger partial charge on any atom is -0.479 e. The molecule has 2 aromatic rings. The molecule has 5 rings (SSSR count). The third-order valence-electron chi connectivity index (χ3n) is 7.73. The van der Waals surface area contributed by atoms with Crippen molar-refractivity contribution in [2.45, 2.75) is 56.8 Å². The second-order valence-corrected chi connectivity index (χ2v) is 9.80. The molecule has 2 amide bonds. The van der Waals surface area contributed by atoms with E-state index >= 15 is 0 Å². The van der Waals surface area contributed by atoms with Crippen LogP contribution in [0.4, 0.5) is 24.1 Å². The third-order valence-corrected chi connectivity index (χ3v) is 7.73. The zero-order valence-corrected chi connectivity index (χ0v) is 19.5. The van der Waals surface area contributed by atoms with Gasteiger partial charge in [0.15, 0.2) is 6.61 Å². The molecule has 0 unspecified atom stereocenters. The number of para-hydroxylation sites is 1. The number of aliphatic carboxylic acids is 1. The van der Waals surface area contributed by atoms with E-state index in [-0.39, 0.29) is 24.1 Å². The Morgan fingerprint density at radius 1 is 1.03 bits per heavy atom. The molecular formula is C26H27F2N2O6+. The molecule has 4 atom stereocenters. The third kappa shape index (κ3) is 3.99. The van der Waals surface area contributed by atoms with Gasteiger partial charge < -0.3 is 14.9 Å². The Labute approximate surface area is 206 Å². The van der Waals surface area contributed by atoms with Gasteiger partial charge in [0.05, 0.1) is 6.04 Å². The normalized spacial score (nSPS) is 26.6. The van der Waals surface area contributed by atoms with Gasteiger partial charge in [0, 0.05) is 41.6 Å². The Bertz CT molecular complexity index is 1220. The first-order chi connectivity index (χ1) is 17.2. The fraction of sp³-hybridized carbons (Fsp3) is 0.423. The Morgan fingerprint density at radius 2 is 1.78 bits per heavy atom. The standard InChI is InChI=1S/C26H26F2N2O6/c27-16-9-8-15(20(28)12-16)13-30(26(34)35)21-6-2-1-4-18(21)24(19-5-3-7-22(19)30)29(17-10-11-17)25(33)36-14-23(31)32/h1-2,4,6,8-9,12,17,19,22,24H,3,5,7,10-11,13-14H2,(H-,31,32,34,35)/p+1/t19-,22+,24-,30+/m0/s1. The van der Waals surface area contributed by atoms with Crippen LogP contribution in [-0.2, 0) is 16.1 Å². The average Bonchev–Trinajstić information content (AvgIpc) is 3.55. The van der Waals surface area contributed by atoms with Gasteiger partial charge in [-0.1, -0.05) is 18.2 Å². The van der Waals surface area contributed by atoms with Crippen molar-refractivity contribution < 1.29 is 38.1 Å². The first-order valence-electron chi connectivity index (χ1n) is 12.1. The maximum absolute atomic E-state index is 14.8. The number of halogens is 2. The number of nitrogens with zero attached hydrogens (tertiary/aromatic N) is 2. The van der Waals surface area contributed by atoms with E-state index in [1.807, 2.05) is 0 Å². The number of hydrogen-bond donors (Lipinski definition) is 2. The highest BCUT2D eigenvalue weighted by atomic mass is 19.1. The van der Waals surface area contributed by atoms with Gasteiger partial charge in [-0.15, -0.1) is 0 Å². The highest BCUT2D eigenvalue weighted by molar-refractivity contribution is 5.84. The maximum atomic E-state index is 14.8. The molecule has 0 bridgehead atoms. The largest absolute Gasteiger partial charge is 0.519 e. The molecule has 10 heteroatoms. The summed E-state index contributed by atoms with van der Waals surface area (Å²) in [6, 6.07) is 9.03. The van der Waals surface area contributed by atoms with Crippen LogP contribution in [-0.4, -0.2) is 52.0 Å². The predicted molar refractivity (Wildman–Crippen MR) is 124 cm³/mol. The van der Waals surface area contributed by atoms with E-state index in [1.165, 1.54) is 6.07 Å². The van der Waals surface area contributed by atoms with Crippen LogP contribution in [0.15, 0.2) is 42.5 Å². The van der Waals surface area contributed by atoms with E-state index in [0.717, 1.165) is 31.4 Å². The number of benzene rings is 2. The smallest absolute Gasteiger partial charge is 0.479 e. The maximum Gasteiger partial charge on any atom is 0.519 e. The van der Waals surface area contributed by atoms with Crippen molar-refractivity contribution >= 4 is 23.8 Å². The number of hydrogen-bond acceptors (Lipinski definition) is 4. The van der Waals surface area contributed by atoms with E-state index in [4.69, 9.17) is 9.84 Å². The summed E-state index contributed by atoms with van der Waals surface area (Å²) in [5.74, 6) is -3.07. The summed E-state index contributed by atoms with van der Waals surface area (Å²) < 4.78 is 32.9. The number of rotatable bonds is 6. The zero-order valence-electron chi connectivity index (χ0n) is 19.5. The Hall–Kier alpha value is -3.53. The summed E-state index contributed by atoms with van der Waals surface area (Å²) in [5, 5.41) is 19.7. The SMILES string of the molecule is O=C(O)COC(=O)N(C1CC1)[C@H]1c2ccccc2[N@@+](Cc2ccc(F)cc2F)(C(=O)O)[C@@H]2CCC[C@@H]21. The van der Waals surface area contributed by atoms with Gasteiger partial charge in [0.2, 0.25) is 0 Å². The van der Waals surface area contributed by atoms with E-state index in [0.29, 0.717) is 24.1 Å². The quantitative estimate of drug-likeness (QED) is 0.537. The second-order valence-electron chi connectivity index (χ2n) is 9.80. The molecule has 2 saturated carbocycles. The Morgan fingerprint density at radius 3 is 2.44 bits per heavy atom. The first kappa shape index (κ1) is 24.2. The number of amides is 2. The van der Waals surface area contributed by atoms with Crippen molar-refractivity contribution in [3.05, 3.63) is 65.2 Å². The number of fused-ring (bicyclic) bond motifs is 2. The van der Waals surface area contributed by atoms with Gasteiger partial charge in [-0.3, -0.25) is 4.90 Å². The Kier molecular flexibility index (Phi) is 6.15. The molecule has 1 heterocycles. The molecule has 0 saturated heterocycles. The molecule has 2 fully saturated rings. The molecule has 2 aromatic carbocycles. The number of carboxylic acids is 1. The second kappa shape index (κ2) is 9.16. The average molecular weight is 502 g/mol. The summed E-state index contributed by atoms with van der Waals surface area (Å²) in [4.78, 5) is 38.9. The van der Waals surface area contributed by atoms with Crippen LogP contribution in [0.3, 0.4) is 0 Å². The van der Waals surface area contributed by atoms with Crippen LogP contribution in [0, 0.1) is 17.6 Å². The number of carbonyl (C=O) groups excluding carboxylic acids is 1. The minimum absolute atomic E-state index is 0.0950. The summed E-state index contributed by atoms with van der Waals surface area (Å²) in [6.45, 7) is -0.970. The minimum atomic E-state index is -1.26. The summed E-state index contributed by atoms with van der Waals surface area (Å²) >= 11 is 0. The van der Waals surface area contributed by atoms with Gasteiger partial charge in [-0.25, -0.2) is 18.4 Å². The van der Waals surface area contributed by atoms with E-state index < -0.39 is 53.0 Å². The molecule has 2 aliphatic carbocycles. The van der Waals surface area contributed by atoms with Crippen molar-refractivity contribution in [3.8, 4) is 0 Å². The van der Waals surface area contributed by atoms with Crippen LogP contribution in [0.1, 0.15) is 49.3 Å². The molecule has 0 radical (unpaired) electrons. The fourth-order valence-electron chi connectivity index (χ4n) is 6.23. The van der Waals surface area contributed by atoms with Crippen molar-refractivity contribution in [1.29, 1.82) is 0 Å². The van der Waals surface area contributed by atoms with Crippen LogP contribution in [0.2, 0.25) is 0 Å². The molecular weight excluding hydrogens is 474 g/mol. The topological polar surface area (TPSA) is 104 Å². The lowest BCUT2D eigenvalue weighted by Crippen LogP contribution is -2.65. The van der Waals surface area contributed by atoms with Crippen LogP contribution in [0.25, 0.3) is 0 Å². The molecule has 8 nitrogen and oxygen atoms in total. The summed E-state index contributed by atoms with van der Waals surface area (Å²) in [5.41, 5.74) is 1.17. The van der Waals surface area contributed by atoms with Crippen molar-refractivity contribution in [2.24, 2.45) is 5.92 Å². The van der Waals surface area contributed by atoms with Crippen molar-refractivity contribution in [3.63, 3.8) is 0 Å². The van der Waals surface area contributed by atoms with Gasteiger partial charge in [0.1, 0.15) is 29.9 Å². The highest BCUT2D eigenvalue weighted by Crippen LogP contribution is 2.56. The molecule has 1 aliphatic heterocycles. The van der Waals surface area contributed by atoms with Crippen LogP contribution >= 0.6 is 0 Å². The predicted octanol–water partition coefficient (Wildman–Crippen LogP) is 5.06. The summed E-state index contributed by atoms with van der Waals surface area (Å²) in [7, 11) is 0. The number of carboxylic acid groups (broad SMARTS) is 2. The lowest BCUT2D eigenvalue weighted by Gasteiger charge is -2.50. The van der Waals surface area contributed by atoms with Crippen LogP contribution in [0.5, 0.6) is 0 Å². The summed E-state index contributed by atoms with van der Waals surface area (Å²) in [6.07, 6.45) is 1.54. The lowest BCUT2D eigenvalue weighted by atomic mass is 9.79. The molecule has 3 aliphatic rings. The van der Waals surface area contributed by atoms with Gasteiger partial charge >= 0.3 is 18.2 Å². The fourth-order valence-corrected chi connectivity index (χ4v) is 6.23. The van der Waals surface area contributed by atoms with Gasteiger partial charge in [0.25, 0.3) is 0 Å². The van der Waals surface area contributed by atoms with Crippen molar-refractivity contribution in [1.82, 2.24) is 9.38 Å². The van der Waals surface area contributed by atoms with Crippen molar-refractivity contribution in [2.75, 3.05) is 6.61 Å². The molecule has 36 heavy (non-hydrogen) atoms. The zero-order chi connectivity index (χ0) is 25.6. The van der Waals surface area contributed by atoms with E-state index in [9.17, 15) is 28.3 Å². The molecule has 0 aromatic heterocycles. The highest BCUT2D eigenvalue weighted by Gasteiger charge is 2.61. The van der Waals surface area contributed by atoms with E-state index in [2.05, 4.69) is 0 Å². The van der Waals surface area contributed by atoms with Crippen LogP contribution < -0.4 is 4.48 Å². The number of quaternary nitrogens is 1. The molecule has 2 N–H and O–H groups in total. The lowest BCUT2D eigenvalue weighted by molar-refractivity contribution is -0.140. The van der Waals surface area contributed by atoms with Gasteiger partial charge in [-0.05, 0) is 37.8 Å². The Balaban J connectivity index is 1.64. The number of ether oxygens (including phenoxy) is 1. The molecule has 0 spiro atoms. The molecule has 190 valence electrons. The van der Waals surface area contributed by atoms with E-state index in [1.54, 1.807) is 29.2 Å². The first-order valence-corrected chi connectivity index (χ1v) is 12.1. The monoisotopic (exact) mass is 501 g/mol. The number of carbonyl (C=O) groups is 3. The van der Waals surface area contributed by atoms with Gasteiger partial charge in [-0.2, -0.15) is 9.28 Å².